The lowest BCUT2D eigenvalue weighted by Gasteiger charge is -2.40. The molecule has 2 aromatic carbocycles. The third kappa shape index (κ3) is 3.32. The predicted molar refractivity (Wildman–Crippen MR) is 104 cm³/mol. The molecule has 0 spiro atoms. The molecule has 2 heterocycles. The number of aliphatic hydroxyl groups excluding tert-OH is 4. The maximum absolute atomic E-state index is 12.9. The number of rotatable bonds is 3. The number of ether oxygens (including phenoxy) is 1. The highest BCUT2D eigenvalue weighted by Gasteiger charge is 2.43. The molecular formula is C20H20O11. The largest absolute Gasteiger partial charge is 0.507 e. The van der Waals surface area contributed by atoms with Crippen molar-refractivity contribution in [1.29, 1.82) is 0 Å². The second-order valence-electron chi connectivity index (χ2n) is 7.44. The van der Waals surface area contributed by atoms with Gasteiger partial charge in [0.05, 0.1) is 18.1 Å². The van der Waals surface area contributed by atoms with Gasteiger partial charge in [0, 0.05) is 24.1 Å². The molecule has 0 radical (unpaired) electrons. The van der Waals surface area contributed by atoms with Crippen LogP contribution >= 0.6 is 0 Å². The molecule has 11 nitrogen and oxygen atoms in total. The lowest BCUT2D eigenvalue weighted by atomic mass is 9.90. The minimum atomic E-state index is -1.65. The molecule has 4 rings (SSSR count). The summed E-state index contributed by atoms with van der Waals surface area (Å²) in [5.41, 5.74) is -1.24. The molecule has 1 aliphatic rings. The lowest BCUT2D eigenvalue weighted by Crippen LogP contribution is -2.59. The third-order valence-corrected chi connectivity index (χ3v) is 5.51. The zero-order valence-corrected chi connectivity index (χ0v) is 15.8. The normalized spacial score (nSPS) is 26.5. The first-order chi connectivity index (χ1) is 14.6. The predicted octanol–water partition coefficient (Wildman–Crippen LogP) is -0.847. The first-order valence-electron chi connectivity index (χ1n) is 9.30. The van der Waals surface area contributed by atoms with Gasteiger partial charge in [0.15, 0.2) is 11.5 Å². The Morgan fingerprint density at radius 2 is 1.42 bits per heavy atom. The van der Waals surface area contributed by atoms with Crippen molar-refractivity contribution in [2.24, 2.45) is 0 Å². The summed E-state index contributed by atoms with van der Waals surface area (Å²) < 4.78 is 10.9. The highest BCUT2D eigenvalue weighted by Crippen LogP contribution is 2.39. The minimum Gasteiger partial charge on any atom is -0.507 e. The highest BCUT2D eigenvalue weighted by atomic mass is 16.5. The first kappa shape index (κ1) is 21.2. The fourth-order valence-corrected chi connectivity index (χ4v) is 3.79. The Hall–Kier alpha value is -3.09. The number of aliphatic hydroxyl groups is 4. The highest BCUT2D eigenvalue weighted by molar-refractivity contribution is 5.95. The molecule has 0 saturated carbocycles. The average molecular weight is 436 g/mol. The summed E-state index contributed by atoms with van der Waals surface area (Å²) in [5.74, 6) is -2.27. The van der Waals surface area contributed by atoms with Crippen molar-refractivity contribution >= 4 is 21.9 Å². The van der Waals surface area contributed by atoms with E-state index >= 15 is 0 Å². The third-order valence-electron chi connectivity index (χ3n) is 5.51. The van der Waals surface area contributed by atoms with Crippen LogP contribution in [0.2, 0.25) is 0 Å². The van der Waals surface area contributed by atoms with Crippen molar-refractivity contribution in [3.05, 3.63) is 34.0 Å². The van der Waals surface area contributed by atoms with Crippen molar-refractivity contribution in [3.8, 4) is 23.0 Å². The number of benzene rings is 2. The van der Waals surface area contributed by atoms with Gasteiger partial charge in [-0.25, -0.2) is 0 Å². The Bertz CT molecular complexity index is 1220. The molecule has 0 bridgehead atoms. The summed E-state index contributed by atoms with van der Waals surface area (Å²) in [6.45, 7) is -0.650. The minimum absolute atomic E-state index is 0.0896. The van der Waals surface area contributed by atoms with Crippen molar-refractivity contribution in [2.75, 3.05) is 6.61 Å². The first-order valence-corrected chi connectivity index (χ1v) is 9.30. The molecule has 1 aliphatic heterocycles. The van der Waals surface area contributed by atoms with E-state index in [1.807, 2.05) is 0 Å². The topological polar surface area (TPSA) is 201 Å². The van der Waals surface area contributed by atoms with E-state index in [-0.39, 0.29) is 33.9 Å². The summed E-state index contributed by atoms with van der Waals surface area (Å²) in [6.07, 6.45) is -7.63. The average Bonchev–Trinajstić information content (AvgIpc) is 2.72. The van der Waals surface area contributed by atoms with Gasteiger partial charge < -0.3 is 50.0 Å². The Balaban J connectivity index is 1.84. The van der Waals surface area contributed by atoms with Gasteiger partial charge in [-0.3, -0.25) is 4.79 Å². The molecule has 166 valence electrons. The number of aromatic hydroxyl groups is 4. The van der Waals surface area contributed by atoms with Gasteiger partial charge in [-0.2, -0.15) is 0 Å². The van der Waals surface area contributed by atoms with E-state index in [2.05, 4.69) is 0 Å². The van der Waals surface area contributed by atoms with E-state index in [4.69, 9.17) is 9.15 Å². The molecule has 1 saturated heterocycles. The van der Waals surface area contributed by atoms with Crippen LogP contribution in [0.25, 0.3) is 21.9 Å². The summed E-state index contributed by atoms with van der Waals surface area (Å²) >= 11 is 0. The molecule has 0 unspecified atom stereocenters. The van der Waals surface area contributed by atoms with E-state index in [1.165, 1.54) is 0 Å². The Kier molecular flexibility index (Phi) is 5.15. The van der Waals surface area contributed by atoms with Gasteiger partial charge in [-0.05, 0) is 6.07 Å². The smallest absolute Gasteiger partial charge is 0.204 e. The molecule has 11 heteroatoms. The maximum atomic E-state index is 12.9. The lowest BCUT2D eigenvalue weighted by molar-refractivity contribution is -0.228. The molecule has 0 aliphatic carbocycles. The molecule has 31 heavy (non-hydrogen) atoms. The van der Waals surface area contributed by atoms with E-state index in [9.17, 15) is 45.6 Å². The van der Waals surface area contributed by atoms with Crippen LogP contribution in [0, 0.1) is 0 Å². The second kappa shape index (κ2) is 7.55. The van der Waals surface area contributed by atoms with Crippen LogP contribution in [0.15, 0.2) is 27.4 Å². The molecule has 5 atom stereocenters. The van der Waals surface area contributed by atoms with Crippen LogP contribution in [0.1, 0.15) is 5.56 Å². The van der Waals surface area contributed by atoms with Gasteiger partial charge in [-0.1, -0.05) is 0 Å². The van der Waals surface area contributed by atoms with Gasteiger partial charge in [0.1, 0.15) is 52.5 Å². The number of hydrogen-bond donors (Lipinski definition) is 8. The maximum Gasteiger partial charge on any atom is 0.204 e. The number of hydrogen-bond acceptors (Lipinski definition) is 11. The van der Waals surface area contributed by atoms with E-state index in [0.717, 1.165) is 18.2 Å². The number of phenolic OH excluding ortho intramolecular Hbond substituents is 4. The SMILES string of the molecule is O=c1c2cc(O)c(O)cc2oc2cc(O)c(C[C@H]3O[C@H](CO)[C@@H](O)[C@H](O)[C@H]3O)c(O)c12. The van der Waals surface area contributed by atoms with Crippen LogP contribution in [0.4, 0.5) is 0 Å². The van der Waals surface area contributed by atoms with Crippen molar-refractivity contribution in [3.63, 3.8) is 0 Å². The van der Waals surface area contributed by atoms with E-state index < -0.39 is 65.6 Å². The van der Waals surface area contributed by atoms with E-state index in [0.29, 0.717) is 0 Å². The Morgan fingerprint density at radius 1 is 0.806 bits per heavy atom. The van der Waals surface area contributed by atoms with Crippen LogP contribution in [0.5, 0.6) is 23.0 Å². The van der Waals surface area contributed by atoms with Gasteiger partial charge in [-0.15, -0.1) is 0 Å². The summed E-state index contributed by atoms with van der Waals surface area (Å²) in [6, 6.07) is 3.04. The Morgan fingerprint density at radius 3 is 2.10 bits per heavy atom. The van der Waals surface area contributed by atoms with Gasteiger partial charge in [0.25, 0.3) is 0 Å². The molecule has 1 aromatic heterocycles. The number of phenols is 4. The second-order valence-corrected chi connectivity index (χ2v) is 7.44. The number of fused-ring (bicyclic) bond motifs is 2. The van der Waals surface area contributed by atoms with Crippen molar-refractivity contribution in [1.82, 2.24) is 0 Å². The molecule has 1 fully saturated rings. The summed E-state index contributed by atoms with van der Waals surface area (Å²) in [7, 11) is 0. The Labute approximate surface area is 173 Å². The van der Waals surface area contributed by atoms with Crippen LogP contribution in [0.3, 0.4) is 0 Å². The van der Waals surface area contributed by atoms with Gasteiger partial charge >= 0.3 is 0 Å². The molecule has 0 amide bonds. The summed E-state index contributed by atoms with van der Waals surface area (Å²) in [5, 5.41) is 79.3. The van der Waals surface area contributed by atoms with Crippen LogP contribution < -0.4 is 5.43 Å². The zero-order valence-electron chi connectivity index (χ0n) is 15.8. The zero-order chi connectivity index (χ0) is 22.6. The fraction of sp³-hybridized carbons (Fsp3) is 0.350. The quantitative estimate of drug-likeness (QED) is 0.188. The molecule has 3 aromatic rings. The van der Waals surface area contributed by atoms with Crippen molar-refractivity contribution in [2.45, 2.75) is 36.9 Å². The van der Waals surface area contributed by atoms with Crippen molar-refractivity contribution < 1.29 is 50.0 Å². The molecule has 8 N–H and O–H groups in total. The van der Waals surface area contributed by atoms with Crippen LogP contribution in [-0.2, 0) is 11.2 Å². The standard InChI is InChI=1S/C20H20O11/c21-5-14-19(28)20(29)18(27)13(31-14)2-6-8(22)3-12-15(16(6)25)17(26)7-1-9(23)10(24)4-11(7)30-12/h1,3-4,13-14,18-25,27-29H,2,5H2/t13-,14-,18+,19-,20-/m1/s1. The molecular weight excluding hydrogens is 416 g/mol. The van der Waals surface area contributed by atoms with Gasteiger partial charge in [0.2, 0.25) is 5.43 Å². The van der Waals surface area contributed by atoms with E-state index in [1.54, 1.807) is 0 Å². The summed E-state index contributed by atoms with van der Waals surface area (Å²) in [4.78, 5) is 12.9. The van der Waals surface area contributed by atoms with Crippen LogP contribution in [-0.4, -0.2) is 78.0 Å². The fourth-order valence-electron chi connectivity index (χ4n) is 3.79. The monoisotopic (exact) mass is 436 g/mol.